The average Bonchev–Trinajstić information content (AvgIpc) is 2.96. The second-order valence-corrected chi connectivity index (χ2v) is 4.85. The SMILES string of the molecule is O=C(Nc1nc2ccccc2[nH]1)c1cnc2cnccc2c1. The number of imidazole rings is 1. The molecule has 0 aliphatic rings. The summed E-state index contributed by atoms with van der Waals surface area (Å²) in [5, 5.41) is 3.62. The maximum Gasteiger partial charge on any atom is 0.259 e. The van der Waals surface area contributed by atoms with Crippen LogP contribution in [0.15, 0.2) is 55.0 Å². The van der Waals surface area contributed by atoms with Gasteiger partial charge in [0.05, 0.1) is 28.3 Å². The molecule has 0 bridgehead atoms. The average molecular weight is 289 g/mol. The first kappa shape index (κ1) is 12.5. The zero-order valence-electron chi connectivity index (χ0n) is 11.4. The van der Waals surface area contributed by atoms with Crippen molar-refractivity contribution in [3.63, 3.8) is 0 Å². The van der Waals surface area contributed by atoms with Gasteiger partial charge in [-0.15, -0.1) is 0 Å². The van der Waals surface area contributed by atoms with E-state index in [0.29, 0.717) is 11.5 Å². The maximum atomic E-state index is 12.3. The Hall–Kier alpha value is -3.28. The molecule has 0 radical (unpaired) electrons. The second kappa shape index (κ2) is 4.92. The number of pyridine rings is 2. The largest absolute Gasteiger partial charge is 0.324 e. The fourth-order valence-corrected chi connectivity index (χ4v) is 2.29. The lowest BCUT2D eigenvalue weighted by Crippen LogP contribution is -2.13. The molecule has 4 rings (SSSR count). The van der Waals surface area contributed by atoms with Crippen molar-refractivity contribution >= 4 is 33.8 Å². The van der Waals surface area contributed by atoms with Crippen LogP contribution in [0, 0.1) is 0 Å². The van der Waals surface area contributed by atoms with Crippen LogP contribution in [0.25, 0.3) is 21.9 Å². The molecule has 1 amide bonds. The number of H-pyrrole nitrogens is 1. The summed E-state index contributed by atoms with van der Waals surface area (Å²) in [7, 11) is 0. The summed E-state index contributed by atoms with van der Waals surface area (Å²) in [6.45, 7) is 0. The number of nitrogens with one attached hydrogen (secondary N) is 2. The molecule has 0 saturated heterocycles. The van der Waals surface area contributed by atoms with Gasteiger partial charge >= 0.3 is 0 Å². The molecule has 106 valence electrons. The number of nitrogens with zero attached hydrogens (tertiary/aromatic N) is 3. The number of fused-ring (bicyclic) bond motifs is 2. The van der Waals surface area contributed by atoms with Crippen molar-refractivity contribution in [3.05, 3.63) is 60.6 Å². The van der Waals surface area contributed by atoms with Crippen LogP contribution in [0.3, 0.4) is 0 Å². The summed E-state index contributed by atoms with van der Waals surface area (Å²) in [5.74, 6) is 0.159. The maximum absolute atomic E-state index is 12.3. The molecule has 0 saturated carbocycles. The van der Waals surface area contributed by atoms with Crippen LogP contribution in [0.1, 0.15) is 10.4 Å². The number of para-hydroxylation sites is 2. The summed E-state index contributed by atoms with van der Waals surface area (Å²) >= 11 is 0. The van der Waals surface area contributed by atoms with Gasteiger partial charge in [-0.3, -0.25) is 20.1 Å². The minimum atomic E-state index is -0.259. The van der Waals surface area contributed by atoms with E-state index in [9.17, 15) is 4.79 Å². The van der Waals surface area contributed by atoms with Crippen molar-refractivity contribution in [2.45, 2.75) is 0 Å². The summed E-state index contributed by atoms with van der Waals surface area (Å²) in [6, 6.07) is 11.2. The highest BCUT2D eigenvalue weighted by Crippen LogP contribution is 2.15. The van der Waals surface area contributed by atoms with Crippen molar-refractivity contribution in [1.29, 1.82) is 0 Å². The normalized spacial score (nSPS) is 10.9. The third kappa shape index (κ3) is 2.16. The number of aromatic nitrogens is 4. The van der Waals surface area contributed by atoms with Gasteiger partial charge in [0.25, 0.3) is 5.91 Å². The molecule has 22 heavy (non-hydrogen) atoms. The van der Waals surface area contributed by atoms with E-state index in [0.717, 1.165) is 21.9 Å². The van der Waals surface area contributed by atoms with Crippen molar-refractivity contribution in [1.82, 2.24) is 19.9 Å². The van der Waals surface area contributed by atoms with E-state index in [4.69, 9.17) is 0 Å². The van der Waals surface area contributed by atoms with Crippen LogP contribution in [0.4, 0.5) is 5.95 Å². The van der Waals surface area contributed by atoms with Gasteiger partial charge in [0.1, 0.15) is 0 Å². The highest BCUT2D eigenvalue weighted by Gasteiger charge is 2.10. The Balaban J connectivity index is 1.65. The Labute approximate surface area is 125 Å². The number of amides is 1. The predicted octanol–water partition coefficient (Wildman–Crippen LogP) is 2.76. The lowest BCUT2D eigenvalue weighted by Gasteiger charge is -2.03. The Bertz CT molecular complexity index is 959. The molecule has 3 aromatic heterocycles. The molecule has 1 aromatic carbocycles. The van der Waals surface area contributed by atoms with E-state index >= 15 is 0 Å². The van der Waals surface area contributed by atoms with Gasteiger partial charge in [0.2, 0.25) is 5.95 Å². The van der Waals surface area contributed by atoms with Crippen LogP contribution in [0.2, 0.25) is 0 Å². The molecule has 6 heteroatoms. The first-order valence-corrected chi connectivity index (χ1v) is 6.75. The Morgan fingerprint density at radius 2 is 2.00 bits per heavy atom. The van der Waals surface area contributed by atoms with Gasteiger partial charge in [-0.2, -0.15) is 0 Å². The third-order valence-electron chi connectivity index (χ3n) is 3.37. The van der Waals surface area contributed by atoms with Crippen LogP contribution in [0.5, 0.6) is 0 Å². The second-order valence-electron chi connectivity index (χ2n) is 4.85. The lowest BCUT2D eigenvalue weighted by atomic mass is 10.2. The first-order chi connectivity index (χ1) is 10.8. The van der Waals surface area contributed by atoms with Gasteiger partial charge in [-0.25, -0.2) is 4.98 Å². The lowest BCUT2D eigenvalue weighted by molar-refractivity contribution is 0.102. The Morgan fingerprint density at radius 3 is 2.91 bits per heavy atom. The fraction of sp³-hybridized carbons (Fsp3) is 0. The quantitative estimate of drug-likeness (QED) is 0.594. The van der Waals surface area contributed by atoms with Gasteiger partial charge in [0, 0.05) is 17.8 Å². The summed E-state index contributed by atoms with van der Waals surface area (Å²) in [6.07, 6.45) is 4.86. The van der Waals surface area contributed by atoms with Gasteiger partial charge in [0.15, 0.2) is 0 Å². The number of carbonyl (C=O) groups is 1. The molecule has 2 N–H and O–H groups in total. The topological polar surface area (TPSA) is 83.6 Å². The van der Waals surface area contributed by atoms with E-state index in [1.807, 2.05) is 30.3 Å². The van der Waals surface area contributed by atoms with E-state index in [1.54, 1.807) is 18.5 Å². The third-order valence-corrected chi connectivity index (χ3v) is 3.37. The molecular weight excluding hydrogens is 278 g/mol. The standard InChI is InChI=1S/C16H11N5O/c22-15(11-7-10-5-6-17-9-14(10)18-8-11)21-16-19-12-3-1-2-4-13(12)20-16/h1-9H,(H2,19,20,21,22). The van der Waals surface area contributed by atoms with Gasteiger partial charge in [-0.1, -0.05) is 12.1 Å². The number of rotatable bonds is 2. The van der Waals surface area contributed by atoms with Crippen molar-refractivity contribution in [2.75, 3.05) is 5.32 Å². The van der Waals surface area contributed by atoms with E-state index in [-0.39, 0.29) is 5.91 Å². The molecule has 0 aliphatic heterocycles. The highest BCUT2D eigenvalue weighted by molar-refractivity contribution is 6.05. The van der Waals surface area contributed by atoms with E-state index < -0.39 is 0 Å². The molecule has 0 spiro atoms. The number of hydrogen-bond donors (Lipinski definition) is 2. The zero-order chi connectivity index (χ0) is 14.9. The summed E-state index contributed by atoms with van der Waals surface area (Å²) in [4.78, 5) is 27.9. The summed E-state index contributed by atoms with van der Waals surface area (Å²) < 4.78 is 0. The number of benzene rings is 1. The fourth-order valence-electron chi connectivity index (χ4n) is 2.29. The molecule has 0 fully saturated rings. The minimum Gasteiger partial charge on any atom is -0.324 e. The van der Waals surface area contributed by atoms with Gasteiger partial charge < -0.3 is 4.98 Å². The highest BCUT2D eigenvalue weighted by atomic mass is 16.1. The molecule has 0 aliphatic carbocycles. The molecular formula is C16H11N5O. The molecule has 0 unspecified atom stereocenters. The Morgan fingerprint density at radius 1 is 1.09 bits per heavy atom. The van der Waals surface area contributed by atoms with Crippen molar-refractivity contribution < 1.29 is 4.79 Å². The molecule has 6 nitrogen and oxygen atoms in total. The number of hydrogen-bond acceptors (Lipinski definition) is 4. The Kier molecular flexibility index (Phi) is 2.79. The summed E-state index contributed by atoms with van der Waals surface area (Å²) in [5.41, 5.74) is 2.91. The van der Waals surface area contributed by atoms with Gasteiger partial charge in [-0.05, 0) is 24.3 Å². The molecule has 4 aromatic rings. The molecule has 3 heterocycles. The molecule has 0 atom stereocenters. The van der Waals surface area contributed by atoms with E-state index in [1.165, 1.54) is 6.20 Å². The monoisotopic (exact) mass is 289 g/mol. The van der Waals surface area contributed by atoms with Crippen molar-refractivity contribution in [3.8, 4) is 0 Å². The van der Waals surface area contributed by atoms with Crippen LogP contribution in [-0.4, -0.2) is 25.8 Å². The van der Waals surface area contributed by atoms with Crippen LogP contribution < -0.4 is 5.32 Å². The number of aromatic amines is 1. The van der Waals surface area contributed by atoms with E-state index in [2.05, 4.69) is 25.3 Å². The van der Waals surface area contributed by atoms with Crippen LogP contribution in [-0.2, 0) is 0 Å². The number of carbonyl (C=O) groups excluding carboxylic acids is 1. The number of anilines is 1. The van der Waals surface area contributed by atoms with Crippen LogP contribution >= 0.6 is 0 Å². The minimum absolute atomic E-state index is 0.259. The zero-order valence-corrected chi connectivity index (χ0v) is 11.4. The predicted molar refractivity (Wildman–Crippen MR) is 83.6 cm³/mol. The smallest absolute Gasteiger partial charge is 0.259 e. The first-order valence-electron chi connectivity index (χ1n) is 6.75. The van der Waals surface area contributed by atoms with Crippen molar-refractivity contribution in [2.24, 2.45) is 0 Å².